The standard InChI is InChI=1S/C21H17ClN2O2S/c22-18-9-5-4-8-17(18)19-12-10-16(27-19)11-13-20(25)23-14-21(26)24-15-6-2-1-3-7-15/h1-13H,14H2,(H,23,25)(H,24,26)/b13-11+. The van der Waals surface area contributed by atoms with E-state index in [9.17, 15) is 9.59 Å². The van der Waals surface area contributed by atoms with Gasteiger partial charge in [0.1, 0.15) is 0 Å². The first-order chi connectivity index (χ1) is 13.1. The van der Waals surface area contributed by atoms with Gasteiger partial charge in [0, 0.05) is 32.1 Å². The first-order valence-electron chi connectivity index (χ1n) is 8.27. The monoisotopic (exact) mass is 396 g/mol. The van der Waals surface area contributed by atoms with Gasteiger partial charge in [0.15, 0.2) is 0 Å². The van der Waals surface area contributed by atoms with Crippen LogP contribution < -0.4 is 10.6 Å². The van der Waals surface area contributed by atoms with Gasteiger partial charge in [0.25, 0.3) is 0 Å². The molecule has 2 N–H and O–H groups in total. The SMILES string of the molecule is O=C(/C=C/c1ccc(-c2ccccc2Cl)s1)NCC(=O)Nc1ccccc1. The zero-order valence-corrected chi connectivity index (χ0v) is 15.9. The number of hydrogen-bond donors (Lipinski definition) is 2. The first-order valence-corrected chi connectivity index (χ1v) is 9.47. The minimum Gasteiger partial charge on any atom is -0.343 e. The van der Waals surface area contributed by atoms with E-state index in [0.717, 1.165) is 15.3 Å². The average molecular weight is 397 g/mol. The van der Waals surface area contributed by atoms with Crippen LogP contribution in [-0.2, 0) is 9.59 Å². The van der Waals surface area contributed by atoms with E-state index >= 15 is 0 Å². The zero-order chi connectivity index (χ0) is 19.1. The molecular weight excluding hydrogens is 380 g/mol. The van der Waals surface area contributed by atoms with Crippen LogP contribution in [0.2, 0.25) is 5.02 Å². The second-order valence-electron chi connectivity index (χ2n) is 5.65. The average Bonchev–Trinajstić information content (AvgIpc) is 3.15. The number of hydrogen-bond acceptors (Lipinski definition) is 3. The van der Waals surface area contributed by atoms with Crippen molar-refractivity contribution in [2.24, 2.45) is 0 Å². The van der Waals surface area contributed by atoms with Crippen molar-refractivity contribution in [1.82, 2.24) is 5.32 Å². The highest BCUT2D eigenvalue weighted by atomic mass is 35.5. The summed E-state index contributed by atoms with van der Waals surface area (Å²) in [5, 5.41) is 5.97. The molecule has 0 saturated carbocycles. The predicted molar refractivity (Wildman–Crippen MR) is 112 cm³/mol. The van der Waals surface area contributed by atoms with Crippen molar-refractivity contribution in [3.05, 3.63) is 82.7 Å². The second-order valence-corrected chi connectivity index (χ2v) is 7.17. The molecule has 0 aliphatic rings. The van der Waals surface area contributed by atoms with E-state index in [2.05, 4.69) is 10.6 Å². The number of carbonyl (C=O) groups excluding carboxylic acids is 2. The number of nitrogens with one attached hydrogen (secondary N) is 2. The Labute approximate surface area is 166 Å². The molecule has 0 atom stereocenters. The van der Waals surface area contributed by atoms with Crippen molar-refractivity contribution in [2.75, 3.05) is 11.9 Å². The van der Waals surface area contributed by atoms with Gasteiger partial charge in [-0.15, -0.1) is 11.3 Å². The Kier molecular flexibility index (Phi) is 6.41. The lowest BCUT2D eigenvalue weighted by atomic mass is 10.2. The van der Waals surface area contributed by atoms with Crippen LogP contribution in [0.25, 0.3) is 16.5 Å². The fourth-order valence-corrected chi connectivity index (χ4v) is 3.60. The minimum absolute atomic E-state index is 0.0899. The lowest BCUT2D eigenvalue weighted by molar-refractivity contribution is -0.121. The van der Waals surface area contributed by atoms with Gasteiger partial charge in [0.05, 0.1) is 6.54 Å². The molecule has 2 amide bonds. The van der Waals surface area contributed by atoms with Crippen LogP contribution in [0.4, 0.5) is 5.69 Å². The third kappa shape index (κ3) is 5.54. The predicted octanol–water partition coefficient (Wildman–Crippen LogP) is 4.84. The summed E-state index contributed by atoms with van der Waals surface area (Å²) < 4.78 is 0. The number of thiophene rings is 1. The Morgan fingerprint density at radius 1 is 0.963 bits per heavy atom. The van der Waals surface area contributed by atoms with Crippen LogP contribution in [-0.4, -0.2) is 18.4 Å². The van der Waals surface area contributed by atoms with E-state index in [1.165, 1.54) is 17.4 Å². The fraction of sp³-hybridized carbons (Fsp3) is 0.0476. The quantitative estimate of drug-likeness (QED) is 0.586. The molecule has 27 heavy (non-hydrogen) atoms. The van der Waals surface area contributed by atoms with E-state index in [-0.39, 0.29) is 18.4 Å². The van der Waals surface area contributed by atoms with Crippen LogP contribution in [0.3, 0.4) is 0 Å². The molecule has 4 nitrogen and oxygen atoms in total. The molecule has 1 aromatic heterocycles. The summed E-state index contributed by atoms with van der Waals surface area (Å²) in [5.74, 6) is -0.606. The van der Waals surface area contributed by atoms with Gasteiger partial charge < -0.3 is 10.6 Å². The Hall–Kier alpha value is -2.89. The Morgan fingerprint density at radius 2 is 1.70 bits per heavy atom. The molecule has 136 valence electrons. The van der Waals surface area contributed by atoms with Crippen LogP contribution >= 0.6 is 22.9 Å². The molecule has 0 aliphatic carbocycles. The number of rotatable bonds is 6. The lowest BCUT2D eigenvalue weighted by Crippen LogP contribution is -2.31. The molecule has 1 heterocycles. The highest BCUT2D eigenvalue weighted by Gasteiger charge is 2.06. The molecule has 3 aromatic rings. The van der Waals surface area contributed by atoms with E-state index in [0.29, 0.717) is 10.7 Å². The summed E-state index contributed by atoms with van der Waals surface area (Å²) in [5.41, 5.74) is 1.66. The Balaban J connectivity index is 1.52. The van der Waals surface area contributed by atoms with Crippen molar-refractivity contribution >= 4 is 46.5 Å². The molecule has 0 bridgehead atoms. The van der Waals surface area contributed by atoms with Crippen LogP contribution in [0.15, 0.2) is 72.8 Å². The highest BCUT2D eigenvalue weighted by molar-refractivity contribution is 7.16. The number of carbonyl (C=O) groups is 2. The van der Waals surface area contributed by atoms with E-state index in [4.69, 9.17) is 11.6 Å². The number of benzene rings is 2. The number of anilines is 1. The maximum absolute atomic E-state index is 11.9. The van der Waals surface area contributed by atoms with Crippen molar-refractivity contribution in [1.29, 1.82) is 0 Å². The van der Waals surface area contributed by atoms with Crippen LogP contribution in [0.1, 0.15) is 4.88 Å². The maximum atomic E-state index is 11.9. The van der Waals surface area contributed by atoms with Gasteiger partial charge in [-0.05, 0) is 36.4 Å². The molecule has 0 unspecified atom stereocenters. The Morgan fingerprint density at radius 3 is 2.48 bits per heavy atom. The number of amides is 2. The summed E-state index contributed by atoms with van der Waals surface area (Å²) in [6, 6.07) is 20.6. The van der Waals surface area contributed by atoms with Crippen LogP contribution in [0.5, 0.6) is 0 Å². The number of para-hydroxylation sites is 1. The molecule has 0 fully saturated rings. The number of halogens is 1. The molecule has 0 spiro atoms. The summed E-state index contributed by atoms with van der Waals surface area (Å²) in [6.07, 6.45) is 3.13. The van der Waals surface area contributed by atoms with Crippen LogP contribution in [0, 0.1) is 0 Å². The van der Waals surface area contributed by atoms with Gasteiger partial charge in [-0.25, -0.2) is 0 Å². The van der Waals surface area contributed by atoms with Crippen molar-refractivity contribution in [3.63, 3.8) is 0 Å². The molecule has 6 heteroatoms. The normalized spacial score (nSPS) is 10.7. The van der Waals surface area contributed by atoms with Gasteiger partial charge in [0.2, 0.25) is 11.8 Å². The molecule has 2 aromatic carbocycles. The highest BCUT2D eigenvalue weighted by Crippen LogP contribution is 2.33. The molecule has 0 saturated heterocycles. The van der Waals surface area contributed by atoms with Crippen molar-refractivity contribution in [2.45, 2.75) is 0 Å². The largest absolute Gasteiger partial charge is 0.343 e. The third-order valence-corrected chi connectivity index (χ3v) is 5.06. The van der Waals surface area contributed by atoms with Gasteiger partial charge in [-0.2, -0.15) is 0 Å². The maximum Gasteiger partial charge on any atom is 0.244 e. The minimum atomic E-state index is -0.328. The topological polar surface area (TPSA) is 58.2 Å². The van der Waals surface area contributed by atoms with Gasteiger partial charge in [-0.3, -0.25) is 9.59 Å². The molecular formula is C21H17ClN2O2S. The summed E-state index contributed by atoms with van der Waals surface area (Å²) >= 11 is 7.75. The van der Waals surface area contributed by atoms with Gasteiger partial charge >= 0.3 is 0 Å². The van der Waals surface area contributed by atoms with E-state index < -0.39 is 0 Å². The van der Waals surface area contributed by atoms with E-state index in [1.54, 1.807) is 18.2 Å². The Bertz CT molecular complexity index is 967. The summed E-state index contributed by atoms with van der Waals surface area (Å²) in [7, 11) is 0. The smallest absolute Gasteiger partial charge is 0.244 e. The first kappa shape index (κ1) is 18.9. The zero-order valence-electron chi connectivity index (χ0n) is 14.3. The molecule has 0 aliphatic heterocycles. The molecule has 3 rings (SSSR count). The van der Waals surface area contributed by atoms with Gasteiger partial charge in [-0.1, -0.05) is 48.0 Å². The van der Waals surface area contributed by atoms with Crippen molar-refractivity contribution in [3.8, 4) is 10.4 Å². The van der Waals surface area contributed by atoms with Crippen molar-refractivity contribution < 1.29 is 9.59 Å². The van der Waals surface area contributed by atoms with E-state index in [1.807, 2.05) is 54.6 Å². The third-order valence-electron chi connectivity index (χ3n) is 3.65. The second kappa shape index (κ2) is 9.16. The summed E-state index contributed by atoms with van der Waals surface area (Å²) in [6.45, 7) is -0.0899. The fourth-order valence-electron chi connectivity index (χ4n) is 2.36. The molecule has 0 radical (unpaired) electrons. The lowest BCUT2D eigenvalue weighted by Gasteiger charge is -2.05. The summed E-state index contributed by atoms with van der Waals surface area (Å²) in [4.78, 5) is 25.7.